The molecule has 0 fully saturated rings. The van der Waals surface area contributed by atoms with E-state index in [0.717, 1.165) is 27.3 Å². The van der Waals surface area contributed by atoms with Gasteiger partial charge in [0.25, 0.3) is 0 Å². The fourth-order valence-electron chi connectivity index (χ4n) is 2.84. The second-order valence-electron chi connectivity index (χ2n) is 6.46. The van der Waals surface area contributed by atoms with Crippen molar-refractivity contribution in [2.24, 2.45) is 0 Å². The summed E-state index contributed by atoms with van der Waals surface area (Å²) in [5, 5.41) is 2.78. The van der Waals surface area contributed by atoms with Gasteiger partial charge in [0, 0.05) is 33.0 Å². The van der Waals surface area contributed by atoms with Crippen LogP contribution in [0.1, 0.15) is 27.2 Å². The summed E-state index contributed by atoms with van der Waals surface area (Å²) >= 11 is 3.24. The summed E-state index contributed by atoms with van der Waals surface area (Å²) in [6.45, 7) is 1.93. The highest BCUT2D eigenvalue weighted by Gasteiger charge is 2.11. The fraction of sp³-hybridized carbons (Fsp3) is 0.136. The van der Waals surface area contributed by atoms with Crippen LogP contribution in [0.2, 0.25) is 0 Å². The van der Waals surface area contributed by atoms with Crippen molar-refractivity contribution in [3.63, 3.8) is 0 Å². The van der Waals surface area contributed by atoms with Crippen LogP contribution in [0.5, 0.6) is 0 Å². The Bertz CT molecular complexity index is 1200. The molecular formula is C22H17NO4S2. The predicted molar refractivity (Wildman–Crippen MR) is 114 cm³/mol. The van der Waals surface area contributed by atoms with Crippen molar-refractivity contribution in [2.45, 2.75) is 24.2 Å². The van der Waals surface area contributed by atoms with Crippen LogP contribution in [0, 0.1) is 6.92 Å². The van der Waals surface area contributed by atoms with E-state index >= 15 is 0 Å². The Kier molecular flexibility index (Phi) is 5.78. The molecule has 5 nitrogen and oxygen atoms in total. The molecule has 0 bridgehead atoms. The van der Waals surface area contributed by atoms with Crippen molar-refractivity contribution < 1.29 is 13.9 Å². The summed E-state index contributed by atoms with van der Waals surface area (Å²) in [4.78, 5) is 29.5. The number of nitrogens with zero attached hydrogens (tertiary/aromatic N) is 1. The number of thioether (sulfide) groups is 1. The van der Waals surface area contributed by atoms with Gasteiger partial charge in [-0.1, -0.05) is 12.1 Å². The number of thiazole rings is 1. The van der Waals surface area contributed by atoms with E-state index in [1.54, 1.807) is 41.3 Å². The lowest BCUT2D eigenvalue weighted by molar-refractivity contribution is 0.0473. The zero-order valence-electron chi connectivity index (χ0n) is 15.6. The molecule has 2 aromatic heterocycles. The van der Waals surface area contributed by atoms with E-state index in [1.807, 2.05) is 42.1 Å². The van der Waals surface area contributed by atoms with Gasteiger partial charge in [0.1, 0.15) is 12.2 Å². The Morgan fingerprint density at radius 2 is 2.00 bits per heavy atom. The van der Waals surface area contributed by atoms with Crippen LogP contribution in [-0.4, -0.2) is 11.0 Å². The Hall–Kier alpha value is -2.90. The first-order valence-corrected chi connectivity index (χ1v) is 10.8. The Balaban J connectivity index is 1.42. The third-order valence-electron chi connectivity index (χ3n) is 4.30. The first-order chi connectivity index (χ1) is 14.1. The molecule has 0 N–H and O–H groups in total. The van der Waals surface area contributed by atoms with Crippen LogP contribution in [-0.2, 0) is 17.1 Å². The summed E-state index contributed by atoms with van der Waals surface area (Å²) in [7, 11) is 0. The minimum atomic E-state index is -0.462. The third kappa shape index (κ3) is 4.75. The summed E-state index contributed by atoms with van der Waals surface area (Å²) in [5.74, 6) is 0.353. The molecule has 0 aliphatic rings. The number of rotatable bonds is 6. The maximum atomic E-state index is 12.4. The number of carbonyl (C=O) groups is 1. The second-order valence-corrected chi connectivity index (χ2v) is 8.23. The zero-order valence-corrected chi connectivity index (χ0v) is 17.2. The standard InChI is InChI=1S/C22H17NO4S2/c1-14-2-7-19-16(9-21(24)27-20(19)8-14)10-26-22(25)15-3-5-18(6-4-15)29-12-17-11-28-13-23-17/h2-9,11,13H,10,12H2,1H3. The molecular weight excluding hydrogens is 406 g/mol. The van der Waals surface area contributed by atoms with Gasteiger partial charge in [-0.2, -0.15) is 0 Å². The van der Waals surface area contributed by atoms with E-state index in [4.69, 9.17) is 9.15 Å². The van der Waals surface area contributed by atoms with Crippen LogP contribution in [0.25, 0.3) is 11.0 Å². The SMILES string of the molecule is Cc1ccc2c(COC(=O)c3ccc(SCc4cscn4)cc3)cc(=O)oc2c1. The molecule has 0 spiro atoms. The number of benzene rings is 2. The summed E-state index contributed by atoms with van der Waals surface area (Å²) in [5.41, 5.74) is 4.96. The highest BCUT2D eigenvalue weighted by Crippen LogP contribution is 2.24. The lowest BCUT2D eigenvalue weighted by Gasteiger charge is -2.08. The smallest absolute Gasteiger partial charge is 0.338 e. The molecule has 0 radical (unpaired) electrons. The second kappa shape index (κ2) is 8.63. The number of ether oxygens (including phenoxy) is 1. The molecule has 2 aromatic carbocycles. The van der Waals surface area contributed by atoms with Gasteiger partial charge < -0.3 is 9.15 Å². The van der Waals surface area contributed by atoms with E-state index in [9.17, 15) is 9.59 Å². The molecule has 4 rings (SSSR count). The Morgan fingerprint density at radius 3 is 2.76 bits per heavy atom. The summed E-state index contributed by atoms with van der Waals surface area (Å²) in [6.07, 6.45) is 0. The lowest BCUT2D eigenvalue weighted by atomic mass is 10.1. The monoisotopic (exact) mass is 423 g/mol. The van der Waals surface area contributed by atoms with Crippen LogP contribution < -0.4 is 5.63 Å². The van der Waals surface area contributed by atoms with Crippen molar-refractivity contribution in [3.05, 3.63) is 92.2 Å². The minimum absolute atomic E-state index is 0.00429. The molecule has 29 heavy (non-hydrogen) atoms. The molecule has 0 amide bonds. The number of hydrogen-bond donors (Lipinski definition) is 0. The van der Waals surface area contributed by atoms with Gasteiger partial charge in [0.05, 0.1) is 16.8 Å². The molecule has 7 heteroatoms. The summed E-state index contributed by atoms with van der Waals surface area (Å²) < 4.78 is 10.7. The number of aromatic nitrogens is 1. The predicted octanol–water partition coefficient (Wildman–Crippen LogP) is 5.21. The van der Waals surface area contributed by atoms with Crippen molar-refractivity contribution in [2.75, 3.05) is 0 Å². The van der Waals surface area contributed by atoms with Gasteiger partial charge in [-0.25, -0.2) is 14.6 Å². The molecule has 0 unspecified atom stereocenters. The normalized spacial score (nSPS) is 10.9. The average Bonchev–Trinajstić information content (AvgIpc) is 3.24. The van der Waals surface area contributed by atoms with Crippen molar-refractivity contribution in [1.82, 2.24) is 4.98 Å². The molecule has 0 atom stereocenters. The van der Waals surface area contributed by atoms with Crippen molar-refractivity contribution in [3.8, 4) is 0 Å². The van der Waals surface area contributed by atoms with Crippen molar-refractivity contribution >= 4 is 40.0 Å². The average molecular weight is 424 g/mol. The lowest BCUT2D eigenvalue weighted by Crippen LogP contribution is -2.08. The first-order valence-electron chi connectivity index (χ1n) is 8.89. The number of carbonyl (C=O) groups excluding carboxylic acids is 1. The number of fused-ring (bicyclic) bond motifs is 1. The molecule has 146 valence electrons. The maximum Gasteiger partial charge on any atom is 0.338 e. The van der Waals surface area contributed by atoms with Crippen molar-refractivity contribution in [1.29, 1.82) is 0 Å². The number of esters is 1. The van der Waals surface area contributed by atoms with Crippen LogP contribution in [0.15, 0.2) is 73.5 Å². The van der Waals surface area contributed by atoms with Crippen LogP contribution >= 0.6 is 23.1 Å². The van der Waals surface area contributed by atoms with Gasteiger partial charge in [0.15, 0.2) is 0 Å². The third-order valence-corrected chi connectivity index (χ3v) is 5.99. The highest BCUT2D eigenvalue weighted by atomic mass is 32.2. The molecule has 2 heterocycles. The highest BCUT2D eigenvalue weighted by molar-refractivity contribution is 7.98. The van der Waals surface area contributed by atoms with E-state index < -0.39 is 11.6 Å². The van der Waals surface area contributed by atoms with E-state index in [1.165, 1.54) is 6.07 Å². The number of aryl methyl sites for hydroxylation is 1. The molecule has 0 saturated carbocycles. The molecule has 0 aliphatic heterocycles. The van der Waals surface area contributed by atoms with Gasteiger partial charge in [-0.3, -0.25) is 0 Å². The fourth-order valence-corrected chi connectivity index (χ4v) is 4.30. The molecule has 0 saturated heterocycles. The molecule has 4 aromatic rings. The largest absolute Gasteiger partial charge is 0.457 e. The van der Waals surface area contributed by atoms with Gasteiger partial charge in [0.2, 0.25) is 0 Å². The first kappa shape index (κ1) is 19.4. The molecule has 0 aliphatic carbocycles. The van der Waals surface area contributed by atoms with Gasteiger partial charge >= 0.3 is 11.6 Å². The Labute approximate surface area is 175 Å². The zero-order chi connectivity index (χ0) is 20.2. The number of hydrogen-bond acceptors (Lipinski definition) is 7. The maximum absolute atomic E-state index is 12.4. The van der Waals surface area contributed by atoms with Crippen LogP contribution in [0.3, 0.4) is 0 Å². The quantitative estimate of drug-likeness (QED) is 0.241. The van der Waals surface area contributed by atoms with E-state index in [-0.39, 0.29) is 6.61 Å². The van der Waals surface area contributed by atoms with Gasteiger partial charge in [-0.05, 0) is 42.8 Å². The Morgan fingerprint density at radius 1 is 1.17 bits per heavy atom. The summed E-state index contributed by atoms with van der Waals surface area (Å²) in [6, 6.07) is 14.2. The van der Waals surface area contributed by atoms with E-state index in [0.29, 0.717) is 16.7 Å². The topological polar surface area (TPSA) is 69.4 Å². The van der Waals surface area contributed by atoms with Crippen LogP contribution in [0.4, 0.5) is 0 Å². The minimum Gasteiger partial charge on any atom is -0.457 e. The van der Waals surface area contributed by atoms with E-state index in [2.05, 4.69) is 4.98 Å². The van der Waals surface area contributed by atoms with Gasteiger partial charge in [-0.15, -0.1) is 23.1 Å².